The predicted molar refractivity (Wildman–Crippen MR) is 148 cm³/mol. The molecular formula is C30H43BrO5. The van der Waals surface area contributed by atoms with Crippen LogP contribution in [-0.4, -0.2) is 41.2 Å². The van der Waals surface area contributed by atoms with Crippen molar-refractivity contribution in [2.75, 3.05) is 7.11 Å². The summed E-state index contributed by atoms with van der Waals surface area (Å²) in [6.07, 6.45) is 14.4. The molecule has 1 fully saturated rings. The topological polar surface area (TPSA) is 72.8 Å². The van der Waals surface area contributed by atoms with Gasteiger partial charge in [0.15, 0.2) is 6.10 Å². The zero-order chi connectivity index (χ0) is 26.6. The van der Waals surface area contributed by atoms with Crippen LogP contribution in [0.1, 0.15) is 82.5 Å². The Bertz CT molecular complexity index is 863. The van der Waals surface area contributed by atoms with E-state index in [-0.39, 0.29) is 34.2 Å². The van der Waals surface area contributed by atoms with E-state index in [0.29, 0.717) is 18.4 Å². The number of hydrogen-bond acceptors (Lipinski definition) is 5. The zero-order valence-corrected chi connectivity index (χ0v) is 23.8. The van der Waals surface area contributed by atoms with Crippen LogP contribution in [0.25, 0.3) is 0 Å². The van der Waals surface area contributed by atoms with Gasteiger partial charge >= 0.3 is 11.9 Å². The molecular weight excluding hydrogens is 520 g/mol. The third kappa shape index (κ3) is 9.85. The Kier molecular flexibility index (Phi) is 12.9. The molecule has 1 unspecified atom stereocenters. The molecule has 1 aliphatic carbocycles. The summed E-state index contributed by atoms with van der Waals surface area (Å²) in [5.41, 5.74) is 0.827. The lowest BCUT2D eigenvalue weighted by Gasteiger charge is -2.24. The average molecular weight is 564 g/mol. The first-order valence-corrected chi connectivity index (χ1v) is 14.1. The van der Waals surface area contributed by atoms with Crippen LogP contribution in [0.3, 0.4) is 0 Å². The Hall–Kier alpha value is -1.92. The number of carbonyl (C=O) groups is 2. The van der Waals surface area contributed by atoms with E-state index in [0.717, 1.165) is 19.3 Å². The maximum atomic E-state index is 12.8. The van der Waals surface area contributed by atoms with Crippen LogP contribution in [0, 0.1) is 17.3 Å². The molecule has 6 heteroatoms. The van der Waals surface area contributed by atoms with Gasteiger partial charge in [-0.05, 0) is 62.0 Å². The van der Waals surface area contributed by atoms with E-state index < -0.39 is 12.1 Å². The van der Waals surface area contributed by atoms with Gasteiger partial charge in [-0.15, -0.1) is 0 Å². The van der Waals surface area contributed by atoms with Crippen molar-refractivity contribution in [1.82, 2.24) is 0 Å². The van der Waals surface area contributed by atoms with Crippen molar-refractivity contribution in [3.63, 3.8) is 0 Å². The fourth-order valence-electron chi connectivity index (χ4n) is 4.74. The molecule has 36 heavy (non-hydrogen) atoms. The first kappa shape index (κ1) is 30.3. The first-order chi connectivity index (χ1) is 17.2. The molecule has 0 heterocycles. The highest BCUT2D eigenvalue weighted by Crippen LogP contribution is 2.42. The van der Waals surface area contributed by atoms with Gasteiger partial charge < -0.3 is 14.6 Å². The standard InChI is InChI=1S/C30H43BrO5/c1-5-6-19-30(2,3)20-13-17-23-24(16-11-8-12-18-26(32)29(34)35-4)27(21-25(23)31)36-28(33)22-14-9-7-10-15-22/h7-11,13-15,17,23-27,32H,5-6,12,16,18-21H2,1-4H3/b11-8-,17-13+/t23-,24-,25-,26?,27+/m1/s1. The summed E-state index contributed by atoms with van der Waals surface area (Å²) in [6, 6.07) is 9.12. The number of methoxy groups -OCH3 is 1. The number of hydrogen-bond donors (Lipinski definition) is 1. The minimum Gasteiger partial charge on any atom is -0.467 e. The fourth-order valence-corrected chi connectivity index (χ4v) is 5.67. The normalized spacial score (nSPS) is 23.3. The van der Waals surface area contributed by atoms with E-state index in [1.54, 1.807) is 12.1 Å². The van der Waals surface area contributed by atoms with E-state index >= 15 is 0 Å². The lowest BCUT2D eigenvalue weighted by Crippen LogP contribution is -2.25. The van der Waals surface area contributed by atoms with Gasteiger partial charge in [0.25, 0.3) is 0 Å². The number of esters is 2. The Morgan fingerprint density at radius 2 is 1.92 bits per heavy atom. The summed E-state index contributed by atoms with van der Waals surface area (Å²) < 4.78 is 10.6. The highest BCUT2D eigenvalue weighted by molar-refractivity contribution is 9.09. The summed E-state index contributed by atoms with van der Waals surface area (Å²) in [4.78, 5) is 24.4. The number of carbonyl (C=O) groups excluding carboxylic acids is 2. The average Bonchev–Trinajstić information content (AvgIpc) is 3.15. The number of halogens is 1. The van der Waals surface area contributed by atoms with Gasteiger partial charge in [0.05, 0.1) is 12.7 Å². The number of aliphatic hydroxyl groups excluding tert-OH is 1. The monoisotopic (exact) mass is 562 g/mol. The molecule has 0 radical (unpaired) electrons. The Morgan fingerprint density at radius 1 is 1.19 bits per heavy atom. The second-order valence-corrected chi connectivity index (χ2v) is 11.7. The SMILES string of the molecule is CCCCC(C)(C)C/C=C/[C@@H]1[C@@H](C/C=C\CCC(O)C(=O)OC)[C@@H](OC(=O)c2ccccc2)C[C@H]1Br. The number of aliphatic hydroxyl groups is 1. The minimum absolute atomic E-state index is 0.138. The van der Waals surface area contributed by atoms with E-state index in [9.17, 15) is 14.7 Å². The van der Waals surface area contributed by atoms with E-state index in [1.165, 1.54) is 26.4 Å². The van der Waals surface area contributed by atoms with Crippen molar-refractivity contribution < 1.29 is 24.2 Å². The van der Waals surface area contributed by atoms with Gasteiger partial charge in [0.2, 0.25) is 0 Å². The molecule has 1 N–H and O–H groups in total. The van der Waals surface area contributed by atoms with Crippen LogP contribution >= 0.6 is 15.9 Å². The van der Waals surface area contributed by atoms with Gasteiger partial charge in [0, 0.05) is 10.7 Å². The van der Waals surface area contributed by atoms with Crippen molar-refractivity contribution >= 4 is 27.9 Å². The third-order valence-corrected chi connectivity index (χ3v) is 7.99. The van der Waals surface area contributed by atoms with E-state index in [1.807, 2.05) is 24.3 Å². The molecule has 1 saturated carbocycles. The molecule has 1 aromatic rings. The quantitative estimate of drug-likeness (QED) is 0.149. The van der Waals surface area contributed by atoms with Crippen LogP contribution in [0.2, 0.25) is 0 Å². The maximum absolute atomic E-state index is 12.8. The summed E-state index contributed by atoms with van der Waals surface area (Å²) >= 11 is 3.87. The molecule has 5 atom stereocenters. The summed E-state index contributed by atoms with van der Waals surface area (Å²) in [7, 11) is 1.27. The Balaban J connectivity index is 2.08. The van der Waals surface area contributed by atoms with Crippen LogP contribution in [-0.2, 0) is 14.3 Å². The predicted octanol–water partition coefficient (Wildman–Crippen LogP) is 7.03. The second-order valence-electron chi connectivity index (χ2n) is 10.5. The van der Waals surface area contributed by atoms with Crippen LogP contribution < -0.4 is 0 Å². The van der Waals surface area contributed by atoms with Gasteiger partial charge in [-0.1, -0.05) is 92.0 Å². The van der Waals surface area contributed by atoms with Crippen molar-refractivity contribution in [2.24, 2.45) is 17.3 Å². The zero-order valence-electron chi connectivity index (χ0n) is 22.2. The molecule has 1 aliphatic rings. The molecule has 0 aliphatic heterocycles. The maximum Gasteiger partial charge on any atom is 0.338 e. The van der Waals surface area contributed by atoms with Crippen LogP contribution in [0.15, 0.2) is 54.6 Å². The molecule has 1 aromatic carbocycles. The molecule has 0 spiro atoms. The summed E-state index contributed by atoms with van der Waals surface area (Å²) in [6.45, 7) is 6.87. The molecule has 0 aromatic heterocycles. The summed E-state index contributed by atoms with van der Waals surface area (Å²) in [5, 5.41) is 9.79. The highest BCUT2D eigenvalue weighted by Gasteiger charge is 2.42. The van der Waals surface area contributed by atoms with Gasteiger partial charge in [0.1, 0.15) is 6.10 Å². The molecule has 200 valence electrons. The minimum atomic E-state index is -1.11. The number of rotatable bonds is 14. The van der Waals surface area contributed by atoms with Crippen molar-refractivity contribution in [2.45, 2.75) is 89.2 Å². The lowest BCUT2D eigenvalue weighted by atomic mass is 9.83. The van der Waals surface area contributed by atoms with Crippen molar-refractivity contribution in [1.29, 1.82) is 0 Å². The van der Waals surface area contributed by atoms with Gasteiger partial charge in [-0.25, -0.2) is 9.59 Å². The van der Waals surface area contributed by atoms with E-state index in [4.69, 9.17) is 4.74 Å². The van der Waals surface area contributed by atoms with Gasteiger partial charge in [-0.3, -0.25) is 0 Å². The summed E-state index contributed by atoms with van der Waals surface area (Å²) in [5.74, 6) is -0.522. The van der Waals surface area contributed by atoms with Crippen LogP contribution in [0.4, 0.5) is 0 Å². The van der Waals surface area contributed by atoms with Crippen LogP contribution in [0.5, 0.6) is 0 Å². The molecule has 0 amide bonds. The number of unbranched alkanes of at least 4 members (excludes halogenated alkanes) is 1. The molecule has 2 rings (SSSR count). The van der Waals surface area contributed by atoms with Crippen molar-refractivity contribution in [3.05, 3.63) is 60.2 Å². The number of allylic oxidation sites excluding steroid dienone is 4. The smallest absolute Gasteiger partial charge is 0.338 e. The Morgan fingerprint density at radius 3 is 2.58 bits per heavy atom. The van der Waals surface area contributed by atoms with Gasteiger partial charge in [-0.2, -0.15) is 0 Å². The lowest BCUT2D eigenvalue weighted by molar-refractivity contribution is -0.150. The highest BCUT2D eigenvalue weighted by atomic mass is 79.9. The number of alkyl halides is 1. The van der Waals surface area contributed by atoms with E-state index in [2.05, 4.69) is 59.7 Å². The number of benzene rings is 1. The number of ether oxygens (including phenoxy) is 2. The molecule has 0 bridgehead atoms. The van der Waals surface area contributed by atoms with Crippen molar-refractivity contribution in [3.8, 4) is 0 Å². The largest absolute Gasteiger partial charge is 0.467 e. The fraction of sp³-hybridized carbons (Fsp3) is 0.600. The third-order valence-electron chi connectivity index (χ3n) is 7.01. The second kappa shape index (κ2) is 15.4. The first-order valence-electron chi connectivity index (χ1n) is 13.2. The molecule has 0 saturated heterocycles. The Labute approximate surface area is 225 Å². The molecule has 5 nitrogen and oxygen atoms in total.